The van der Waals surface area contributed by atoms with Crippen molar-refractivity contribution in [3.05, 3.63) is 172 Å². The lowest BCUT2D eigenvalue weighted by Gasteiger charge is -2.17. The van der Waals surface area contributed by atoms with Crippen LogP contribution in [0.1, 0.15) is 26.7 Å². The van der Waals surface area contributed by atoms with Gasteiger partial charge in [-0.25, -0.2) is 4.98 Å². The van der Waals surface area contributed by atoms with E-state index in [-0.39, 0.29) is 11.6 Å². The van der Waals surface area contributed by atoms with Crippen LogP contribution >= 0.6 is 34.7 Å². The first-order valence-electron chi connectivity index (χ1n) is 15.2. The molecule has 10 heteroatoms. The first-order chi connectivity index (χ1) is 23.9. The zero-order valence-electron chi connectivity index (χ0n) is 25.9. The fourth-order valence-electron chi connectivity index (χ4n) is 4.81. The molecule has 1 aromatic heterocycles. The smallest absolute Gasteiger partial charge is 0.272 e. The van der Waals surface area contributed by atoms with E-state index >= 15 is 0 Å². The van der Waals surface area contributed by atoms with Gasteiger partial charge in [0.2, 0.25) is 5.91 Å². The lowest BCUT2D eigenvalue weighted by atomic mass is 10.1. The summed E-state index contributed by atoms with van der Waals surface area (Å²) in [6.45, 7) is 0. The fourth-order valence-corrected chi connectivity index (χ4v) is 6.78. The van der Waals surface area contributed by atoms with E-state index < -0.39 is 17.1 Å². The topological polar surface area (TPSA) is 100 Å². The highest BCUT2D eigenvalue weighted by molar-refractivity contribution is 8.00. The van der Waals surface area contributed by atoms with Crippen molar-refractivity contribution in [2.45, 2.75) is 10.1 Å². The minimum atomic E-state index is -0.581. The van der Waals surface area contributed by atoms with E-state index in [9.17, 15) is 14.4 Å². The predicted molar refractivity (Wildman–Crippen MR) is 200 cm³/mol. The van der Waals surface area contributed by atoms with Crippen LogP contribution in [0.3, 0.4) is 0 Å². The predicted octanol–water partition coefficient (Wildman–Crippen LogP) is 9.35. The average Bonchev–Trinajstić information content (AvgIpc) is 3.60. The summed E-state index contributed by atoms with van der Waals surface area (Å²) in [5, 5.41) is 10.9. The maximum atomic E-state index is 13.7. The standard InChI is InChI=1S/C39H29ClN4O3S2/c40-32-19-11-10-18-31(32)34-25-48-39(43-34)44-38(47)35(27-14-6-2-7-15-27)49-30-22-20-29(21-23-30)41-37(46)33(24-26-12-4-1-5-13-26)42-36(45)28-16-8-3-9-17-28/h1-25,35H,(H,41,46)(H,42,45)(H,43,44,47)/b33-24-. The van der Waals surface area contributed by atoms with Crippen LogP contribution in [-0.4, -0.2) is 22.7 Å². The van der Waals surface area contributed by atoms with Crippen LogP contribution in [0, 0.1) is 0 Å². The lowest BCUT2D eigenvalue weighted by Crippen LogP contribution is -2.30. The lowest BCUT2D eigenvalue weighted by molar-refractivity contribution is -0.116. The molecular formula is C39H29ClN4O3S2. The number of thioether (sulfide) groups is 1. The number of amides is 3. The number of nitrogens with zero attached hydrogens (tertiary/aromatic N) is 1. The van der Waals surface area contributed by atoms with E-state index in [1.807, 2.05) is 102 Å². The summed E-state index contributed by atoms with van der Waals surface area (Å²) < 4.78 is 0. The Bertz CT molecular complexity index is 2090. The van der Waals surface area contributed by atoms with Gasteiger partial charge in [0.05, 0.1) is 5.69 Å². The van der Waals surface area contributed by atoms with E-state index in [2.05, 4.69) is 20.9 Å². The van der Waals surface area contributed by atoms with E-state index in [0.717, 1.165) is 21.6 Å². The summed E-state index contributed by atoms with van der Waals surface area (Å²) in [6.07, 6.45) is 1.63. The van der Waals surface area contributed by atoms with Crippen molar-refractivity contribution in [1.29, 1.82) is 0 Å². The van der Waals surface area contributed by atoms with Crippen molar-refractivity contribution in [1.82, 2.24) is 10.3 Å². The number of hydrogen-bond donors (Lipinski definition) is 3. The fraction of sp³-hybridized carbons (Fsp3) is 0.0256. The molecule has 0 spiro atoms. The Hall–Kier alpha value is -5.48. The summed E-state index contributed by atoms with van der Waals surface area (Å²) in [5.41, 5.74) is 4.13. The molecule has 49 heavy (non-hydrogen) atoms. The highest BCUT2D eigenvalue weighted by Crippen LogP contribution is 2.37. The largest absolute Gasteiger partial charge is 0.321 e. The van der Waals surface area contributed by atoms with E-state index in [1.54, 1.807) is 48.5 Å². The van der Waals surface area contributed by atoms with Crippen molar-refractivity contribution in [3.63, 3.8) is 0 Å². The molecule has 0 bridgehead atoms. The Morgan fingerprint density at radius 3 is 2.06 bits per heavy atom. The summed E-state index contributed by atoms with van der Waals surface area (Å²) in [6, 6.07) is 42.1. The van der Waals surface area contributed by atoms with Crippen LogP contribution in [0.4, 0.5) is 10.8 Å². The highest BCUT2D eigenvalue weighted by Gasteiger charge is 2.24. The number of thiazole rings is 1. The third-order valence-electron chi connectivity index (χ3n) is 7.23. The summed E-state index contributed by atoms with van der Waals surface area (Å²) >= 11 is 9.07. The number of hydrogen-bond acceptors (Lipinski definition) is 6. The number of benzene rings is 5. The molecule has 1 unspecified atom stereocenters. The summed E-state index contributed by atoms with van der Waals surface area (Å²) in [5.74, 6) is -1.10. The van der Waals surface area contributed by atoms with E-state index in [0.29, 0.717) is 27.1 Å². The molecule has 3 N–H and O–H groups in total. The molecule has 6 aromatic rings. The molecule has 3 amide bonds. The second kappa shape index (κ2) is 16.1. The molecule has 242 valence electrons. The molecule has 1 atom stereocenters. The molecule has 0 fully saturated rings. The van der Waals surface area contributed by atoms with Crippen LogP contribution in [-0.2, 0) is 9.59 Å². The van der Waals surface area contributed by atoms with Crippen molar-refractivity contribution in [3.8, 4) is 11.3 Å². The number of nitrogens with one attached hydrogen (secondary N) is 3. The second-order valence-electron chi connectivity index (χ2n) is 10.7. The van der Waals surface area contributed by atoms with Crippen molar-refractivity contribution in [2.75, 3.05) is 10.6 Å². The van der Waals surface area contributed by atoms with Gasteiger partial charge in [0, 0.05) is 32.1 Å². The van der Waals surface area contributed by atoms with Crippen molar-refractivity contribution >= 4 is 69.3 Å². The minimum Gasteiger partial charge on any atom is -0.321 e. The Labute approximate surface area is 297 Å². The van der Waals surface area contributed by atoms with Gasteiger partial charge >= 0.3 is 0 Å². The number of anilines is 2. The Morgan fingerprint density at radius 2 is 1.37 bits per heavy atom. The van der Waals surface area contributed by atoms with Gasteiger partial charge < -0.3 is 16.0 Å². The second-order valence-corrected chi connectivity index (χ2v) is 13.1. The van der Waals surface area contributed by atoms with Gasteiger partial charge in [-0.3, -0.25) is 14.4 Å². The molecule has 6 rings (SSSR count). The van der Waals surface area contributed by atoms with Crippen LogP contribution in [0.2, 0.25) is 5.02 Å². The third kappa shape index (κ3) is 8.91. The third-order valence-corrected chi connectivity index (χ3v) is 9.58. The zero-order chi connectivity index (χ0) is 34.0. The molecule has 0 aliphatic rings. The number of carbonyl (C=O) groups excluding carboxylic acids is 3. The van der Waals surface area contributed by atoms with Crippen LogP contribution in [0.25, 0.3) is 17.3 Å². The normalized spacial score (nSPS) is 11.7. The number of halogens is 1. The number of rotatable bonds is 11. The van der Waals surface area contributed by atoms with Gasteiger partial charge in [0.1, 0.15) is 10.9 Å². The number of aromatic nitrogens is 1. The zero-order valence-corrected chi connectivity index (χ0v) is 28.3. The molecule has 0 saturated carbocycles. The molecule has 0 saturated heterocycles. The molecule has 5 aromatic carbocycles. The van der Waals surface area contributed by atoms with Gasteiger partial charge in [0.25, 0.3) is 11.8 Å². The minimum absolute atomic E-state index is 0.0965. The molecular weight excluding hydrogens is 672 g/mol. The average molecular weight is 701 g/mol. The molecule has 7 nitrogen and oxygen atoms in total. The van der Waals surface area contributed by atoms with Gasteiger partial charge in [-0.2, -0.15) is 0 Å². The molecule has 0 aliphatic heterocycles. The molecule has 0 radical (unpaired) electrons. The first-order valence-corrected chi connectivity index (χ1v) is 17.3. The Balaban J connectivity index is 1.16. The monoisotopic (exact) mass is 700 g/mol. The first kappa shape index (κ1) is 33.4. The SMILES string of the molecule is O=C(Nc1ccc(SC(C(=O)Nc2nc(-c3ccccc3Cl)cs2)c2ccccc2)cc1)/C(=C/c1ccccc1)NC(=O)c1ccccc1. The van der Waals surface area contributed by atoms with Crippen LogP contribution in [0.15, 0.2) is 155 Å². The van der Waals surface area contributed by atoms with Gasteiger partial charge in [0.15, 0.2) is 5.13 Å². The summed E-state index contributed by atoms with van der Waals surface area (Å²) in [7, 11) is 0. The van der Waals surface area contributed by atoms with Crippen LogP contribution < -0.4 is 16.0 Å². The maximum absolute atomic E-state index is 13.7. The number of carbonyl (C=O) groups is 3. The summed E-state index contributed by atoms with van der Waals surface area (Å²) in [4.78, 5) is 45.5. The molecule has 1 heterocycles. The van der Waals surface area contributed by atoms with Crippen molar-refractivity contribution in [2.24, 2.45) is 0 Å². The van der Waals surface area contributed by atoms with Gasteiger partial charge in [-0.15, -0.1) is 23.1 Å². The molecule has 0 aliphatic carbocycles. The van der Waals surface area contributed by atoms with Gasteiger partial charge in [-0.1, -0.05) is 109 Å². The quantitative estimate of drug-likeness (QED) is 0.0924. The maximum Gasteiger partial charge on any atom is 0.272 e. The van der Waals surface area contributed by atoms with Crippen molar-refractivity contribution < 1.29 is 14.4 Å². The van der Waals surface area contributed by atoms with Crippen LogP contribution in [0.5, 0.6) is 0 Å². The van der Waals surface area contributed by atoms with E-state index in [4.69, 9.17) is 11.6 Å². The Morgan fingerprint density at radius 1 is 0.735 bits per heavy atom. The van der Waals surface area contributed by atoms with E-state index in [1.165, 1.54) is 23.1 Å². The van der Waals surface area contributed by atoms with Gasteiger partial charge in [-0.05, 0) is 59.7 Å². The highest BCUT2D eigenvalue weighted by atomic mass is 35.5. The Kier molecular flexibility index (Phi) is 11.0.